The molecule has 1 heterocycles. The molecule has 0 radical (unpaired) electrons. The molecule has 0 atom stereocenters. The average molecular weight is 283 g/mol. The predicted octanol–water partition coefficient (Wildman–Crippen LogP) is 3.64. The highest BCUT2D eigenvalue weighted by molar-refractivity contribution is 5.75. The fourth-order valence-electron chi connectivity index (χ4n) is 3.01. The van der Waals surface area contributed by atoms with E-state index in [2.05, 4.69) is 27.7 Å². The van der Waals surface area contributed by atoms with Crippen molar-refractivity contribution in [1.29, 1.82) is 0 Å². The number of hydrogen-bond donors (Lipinski definition) is 0. The predicted molar refractivity (Wildman–Crippen MR) is 79.1 cm³/mol. The summed E-state index contributed by atoms with van der Waals surface area (Å²) in [6.45, 7) is 10.1. The minimum Gasteiger partial charge on any atom is -0.367 e. The van der Waals surface area contributed by atoms with Crippen molar-refractivity contribution in [3.8, 4) is 0 Å². The molecule has 0 aromatic carbocycles. The topological polar surface area (TPSA) is 46.6 Å². The van der Waals surface area contributed by atoms with Gasteiger partial charge in [0.25, 0.3) is 0 Å². The lowest BCUT2D eigenvalue weighted by molar-refractivity contribution is -0.265. The summed E-state index contributed by atoms with van der Waals surface area (Å²) in [4.78, 5) is 28.5. The van der Waals surface area contributed by atoms with Gasteiger partial charge in [-0.05, 0) is 66.7 Å². The quantitative estimate of drug-likeness (QED) is 0.698. The number of rotatable bonds is 6. The van der Waals surface area contributed by atoms with Crippen LogP contribution in [0, 0.1) is 0 Å². The van der Waals surface area contributed by atoms with E-state index < -0.39 is 0 Å². The van der Waals surface area contributed by atoms with Crippen LogP contribution < -0.4 is 0 Å². The maximum absolute atomic E-state index is 12.0. The van der Waals surface area contributed by atoms with Gasteiger partial charge in [-0.15, -0.1) is 5.06 Å². The Labute approximate surface area is 122 Å². The van der Waals surface area contributed by atoms with E-state index in [4.69, 9.17) is 4.84 Å². The number of carbonyl (C=O) groups excluding carboxylic acids is 2. The average Bonchev–Trinajstić information content (AvgIpc) is 2.29. The van der Waals surface area contributed by atoms with Crippen LogP contribution in [0.2, 0.25) is 0 Å². The summed E-state index contributed by atoms with van der Waals surface area (Å²) in [6.07, 6.45) is 5.64. The van der Waals surface area contributed by atoms with Gasteiger partial charge in [0.1, 0.15) is 5.78 Å². The third-order valence-electron chi connectivity index (χ3n) is 4.03. The van der Waals surface area contributed by atoms with E-state index in [1.165, 1.54) is 0 Å². The largest absolute Gasteiger partial charge is 0.367 e. The van der Waals surface area contributed by atoms with E-state index >= 15 is 0 Å². The summed E-state index contributed by atoms with van der Waals surface area (Å²) in [5.41, 5.74) is -0.229. The molecule has 1 aliphatic rings. The molecular weight excluding hydrogens is 254 g/mol. The molecule has 116 valence electrons. The molecule has 0 aromatic rings. The Balaban J connectivity index is 2.48. The fourth-order valence-corrected chi connectivity index (χ4v) is 3.01. The molecule has 0 N–H and O–H groups in total. The first-order valence-electron chi connectivity index (χ1n) is 7.66. The Hall–Kier alpha value is -0.900. The standard InChI is InChI=1S/C16H29NO3/c1-13(18)9-6-7-10-14(19)20-17-15(2,3)11-8-12-16(17,4)5/h6-12H2,1-5H3. The van der Waals surface area contributed by atoms with E-state index in [9.17, 15) is 9.59 Å². The van der Waals surface area contributed by atoms with Crippen LogP contribution in [0.15, 0.2) is 0 Å². The summed E-state index contributed by atoms with van der Waals surface area (Å²) >= 11 is 0. The van der Waals surface area contributed by atoms with Crippen LogP contribution in [0.5, 0.6) is 0 Å². The highest BCUT2D eigenvalue weighted by atomic mass is 16.7. The number of ketones is 1. The van der Waals surface area contributed by atoms with Gasteiger partial charge < -0.3 is 9.63 Å². The summed E-state index contributed by atoms with van der Waals surface area (Å²) < 4.78 is 0. The van der Waals surface area contributed by atoms with Gasteiger partial charge in [-0.1, -0.05) is 0 Å². The summed E-state index contributed by atoms with van der Waals surface area (Å²) in [6, 6.07) is 0. The summed E-state index contributed by atoms with van der Waals surface area (Å²) in [5.74, 6) is -0.00623. The zero-order valence-corrected chi connectivity index (χ0v) is 13.6. The van der Waals surface area contributed by atoms with Crippen LogP contribution in [0.1, 0.15) is 79.6 Å². The molecule has 20 heavy (non-hydrogen) atoms. The monoisotopic (exact) mass is 283 g/mol. The minimum absolute atomic E-state index is 0.114. The molecule has 4 nitrogen and oxygen atoms in total. The minimum atomic E-state index is -0.184. The number of unbranched alkanes of at least 4 members (excludes halogenated alkanes) is 1. The van der Waals surface area contributed by atoms with Gasteiger partial charge in [-0.3, -0.25) is 4.79 Å². The van der Waals surface area contributed by atoms with Gasteiger partial charge >= 0.3 is 5.97 Å². The van der Waals surface area contributed by atoms with Crippen LogP contribution >= 0.6 is 0 Å². The lowest BCUT2D eigenvalue weighted by Crippen LogP contribution is -2.58. The molecule has 1 aliphatic heterocycles. The molecule has 0 aromatic heterocycles. The van der Waals surface area contributed by atoms with Gasteiger partial charge in [0.2, 0.25) is 0 Å². The molecule has 0 aliphatic carbocycles. The van der Waals surface area contributed by atoms with Crippen LogP contribution in [-0.2, 0) is 14.4 Å². The molecule has 0 amide bonds. The Morgan fingerprint density at radius 2 is 1.50 bits per heavy atom. The number of hydrogen-bond acceptors (Lipinski definition) is 4. The molecule has 0 spiro atoms. The van der Waals surface area contributed by atoms with Crippen LogP contribution in [-0.4, -0.2) is 27.9 Å². The Kier molecular flexibility index (Phi) is 5.75. The van der Waals surface area contributed by atoms with Gasteiger partial charge in [0.15, 0.2) is 0 Å². The highest BCUT2D eigenvalue weighted by Gasteiger charge is 2.44. The van der Waals surface area contributed by atoms with E-state index in [-0.39, 0.29) is 22.8 Å². The smallest absolute Gasteiger partial charge is 0.325 e. The number of nitrogens with zero attached hydrogens (tertiary/aromatic N) is 1. The first-order valence-corrected chi connectivity index (χ1v) is 7.66. The second-order valence-electron chi connectivity index (χ2n) is 7.15. The molecule has 0 saturated carbocycles. The van der Waals surface area contributed by atoms with Crippen molar-refractivity contribution in [2.75, 3.05) is 0 Å². The molecule has 1 rings (SSSR count). The number of Topliss-reactive ketones (excluding diaryl/α,β-unsaturated/α-hetero) is 1. The zero-order valence-electron chi connectivity index (χ0n) is 13.6. The van der Waals surface area contributed by atoms with Crippen LogP contribution in [0.3, 0.4) is 0 Å². The molecule has 1 fully saturated rings. The van der Waals surface area contributed by atoms with Gasteiger partial charge in [-0.2, -0.15) is 0 Å². The number of carbonyl (C=O) groups is 2. The second kappa shape index (κ2) is 6.70. The molecule has 0 bridgehead atoms. The number of piperidine rings is 1. The number of hydroxylamine groups is 2. The summed E-state index contributed by atoms with van der Waals surface area (Å²) in [5, 5.41) is 1.89. The second-order valence-corrected chi connectivity index (χ2v) is 7.15. The molecule has 1 saturated heterocycles. The van der Waals surface area contributed by atoms with E-state index in [1.54, 1.807) is 6.92 Å². The Bertz CT molecular complexity index is 345. The maximum atomic E-state index is 12.0. The lowest BCUT2D eigenvalue weighted by Gasteiger charge is -2.50. The molecule has 4 heteroatoms. The van der Waals surface area contributed by atoms with Crippen molar-refractivity contribution in [2.24, 2.45) is 0 Å². The highest BCUT2D eigenvalue weighted by Crippen LogP contribution is 2.38. The van der Waals surface area contributed by atoms with E-state index in [0.29, 0.717) is 19.3 Å². The first kappa shape index (κ1) is 17.2. The van der Waals surface area contributed by atoms with E-state index in [1.807, 2.05) is 5.06 Å². The van der Waals surface area contributed by atoms with Gasteiger partial charge in [0, 0.05) is 12.8 Å². The van der Waals surface area contributed by atoms with E-state index in [0.717, 1.165) is 25.7 Å². The van der Waals surface area contributed by atoms with Gasteiger partial charge in [-0.25, -0.2) is 0 Å². The zero-order chi connectivity index (χ0) is 15.4. The first-order chi connectivity index (χ1) is 9.15. The lowest BCUT2D eigenvalue weighted by atomic mass is 9.82. The van der Waals surface area contributed by atoms with Crippen molar-refractivity contribution in [3.05, 3.63) is 0 Å². The summed E-state index contributed by atoms with van der Waals surface area (Å²) in [7, 11) is 0. The Morgan fingerprint density at radius 3 is 2.00 bits per heavy atom. The van der Waals surface area contributed by atoms with Crippen molar-refractivity contribution in [2.45, 2.75) is 90.6 Å². The maximum Gasteiger partial charge on any atom is 0.325 e. The van der Waals surface area contributed by atoms with Crippen molar-refractivity contribution in [1.82, 2.24) is 5.06 Å². The third-order valence-corrected chi connectivity index (χ3v) is 4.03. The van der Waals surface area contributed by atoms with Crippen LogP contribution in [0.25, 0.3) is 0 Å². The van der Waals surface area contributed by atoms with Gasteiger partial charge in [0.05, 0.1) is 11.1 Å². The van der Waals surface area contributed by atoms with Crippen molar-refractivity contribution < 1.29 is 14.4 Å². The van der Waals surface area contributed by atoms with Crippen molar-refractivity contribution in [3.63, 3.8) is 0 Å². The van der Waals surface area contributed by atoms with Crippen molar-refractivity contribution >= 4 is 11.8 Å². The Morgan fingerprint density at radius 1 is 1.00 bits per heavy atom. The SMILES string of the molecule is CC(=O)CCCCC(=O)ON1C(C)(C)CCCC1(C)C. The molecular formula is C16H29NO3. The third kappa shape index (κ3) is 4.89. The fraction of sp³-hybridized carbons (Fsp3) is 0.875. The van der Waals surface area contributed by atoms with Crippen LogP contribution in [0.4, 0.5) is 0 Å². The molecule has 0 unspecified atom stereocenters. The normalized spacial score (nSPS) is 21.4.